The maximum absolute atomic E-state index is 10.4. The third-order valence-electron chi connectivity index (χ3n) is 1.71. The van der Waals surface area contributed by atoms with E-state index in [-0.39, 0.29) is 0 Å². The van der Waals surface area contributed by atoms with Gasteiger partial charge in [0.15, 0.2) is 0 Å². The van der Waals surface area contributed by atoms with E-state index in [9.17, 15) is 4.79 Å². The van der Waals surface area contributed by atoms with Gasteiger partial charge in [-0.25, -0.2) is 0 Å². The van der Waals surface area contributed by atoms with E-state index in [0.29, 0.717) is 11.7 Å². The quantitative estimate of drug-likeness (QED) is 0.627. The molecule has 1 N–H and O–H groups in total. The zero-order valence-electron chi connectivity index (χ0n) is 7.88. The molecule has 2 nitrogen and oxygen atoms in total. The second-order valence-electron chi connectivity index (χ2n) is 2.85. The van der Waals surface area contributed by atoms with Gasteiger partial charge in [-0.1, -0.05) is 20.3 Å². The molecular weight excluding hydrogens is 172 g/mol. The fraction of sp³-hybridized carbons (Fsp3) is 0.889. The van der Waals surface area contributed by atoms with Crippen molar-refractivity contribution in [3.8, 4) is 0 Å². The van der Waals surface area contributed by atoms with Crippen molar-refractivity contribution in [2.45, 2.75) is 44.8 Å². The van der Waals surface area contributed by atoms with Gasteiger partial charge in [0, 0.05) is 5.25 Å². The Hall–Kier alpha value is -0.180. The number of carboxylic acids is 1. The van der Waals surface area contributed by atoms with Gasteiger partial charge in [0.2, 0.25) is 0 Å². The lowest BCUT2D eigenvalue weighted by molar-refractivity contribution is -0.136. The Morgan fingerprint density at radius 2 is 2.17 bits per heavy atom. The monoisotopic (exact) mass is 190 g/mol. The summed E-state index contributed by atoms with van der Waals surface area (Å²) in [7, 11) is 0. The Bertz CT molecular complexity index is 126. The Morgan fingerprint density at radius 1 is 1.50 bits per heavy atom. The van der Waals surface area contributed by atoms with Crippen LogP contribution in [-0.2, 0) is 4.79 Å². The van der Waals surface area contributed by atoms with Gasteiger partial charge in [-0.15, -0.1) is 0 Å². The number of hydrogen-bond donors (Lipinski definition) is 1. The van der Waals surface area contributed by atoms with Gasteiger partial charge in [-0.3, -0.25) is 4.79 Å². The van der Waals surface area contributed by atoms with Gasteiger partial charge in [0.1, 0.15) is 0 Å². The van der Waals surface area contributed by atoms with Gasteiger partial charge < -0.3 is 5.11 Å². The van der Waals surface area contributed by atoms with Crippen molar-refractivity contribution in [1.29, 1.82) is 0 Å². The number of hydrogen-bond acceptors (Lipinski definition) is 2. The summed E-state index contributed by atoms with van der Waals surface area (Å²) in [5.41, 5.74) is 0. The maximum atomic E-state index is 10.4. The molecule has 0 aliphatic heterocycles. The molecule has 0 aliphatic carbocycles. The second kappa shape index (κ2) is 7.47. The first kappa shape index (κ1) is 11.8. The summed E-state index contributed by atoms with van der Waals surface area (Å²) in [4.78, 5) is 10.4. The fourth-order valence-electron chi connectivity index (χ4n) is 0.910. The van der Waals surface area contributed by atoms with Crippen LogP contribution in [0.2, 0.25) is 0 Å². The molecule has 0 aromatic rings. The predicted octanol–water partition coefficient (Wildman–Crippen LogP) is 2.77. The van der Waals surface area contributed by atoms with Gasteiger partial charge in [0.25, 0.3) is 0 Å². The largest absolute Gasteiger partial charge is 0.481 e. The summed E-state index contributed by atoms with van der Waals surface area (Å²) in [6, 6.07) is 0. The van der Waals surface area contributed by atoms with Crippen LogP contribution in [0.4, 0.5) is 0 Å². The molecular formula is C9H18O2S. The van der Waals surface area contributed by atoms with Crippen LogP contribution < -0.4 is 0 Å². The standard InChI is InChI=1S/C9H18O2S/c1-3-5-6-12-8(4-2)7-9(10)11/h8H,3-7H2,1-2H3,(H,10,11). The molecule has 0 spiro atoms. The lowest BCUT2D eigenvalue weighted by Gasteiger charge is -2.10. The topological polar surface area (TPSA) is 37.3 Å². The lowest BCUT2D eigenvalue weighted by atomic mass is 10.2. The molecule has 12 heavy (non-hydrogen) atoms. The zero-order valence-corrected chi connectivity index (χ0v) is 8.69. The number of carbonyl (C=O) groups is 1. The molecule has 1 atom stereocenters. The molecule has 0 aromatic heterocycles. The molecule has 0 rings (SSSR count). The van der Waals surface area contributed by atoms with Gasteiger partial charge in [-0.2, -0.15) is 11.8 Å². The van der Waals surface area contributed by atoms with Crippen LogP contribution in [0.5, 0.6) is 0 Å². The van der Waals surface area contributed by atoms with E-state index < -0.39 is 5.97 Å². The molecule has 0 aromatic carbocycles. The summed E-state index contributed by atoms with van der Waals surface area (Å²) >= 11 is 1.79. The molecule has 0 heterocycles. The average Bonchev–Trinajstić information content (AvgIpc) is 2.02. The smallest absolute Gasteiger partial charge is 0.304 e. The third-order valence-corrected chi connectivity index (χ3v) is 3.20. The van der Waals surface area contributed by atoms with Crippen LogP contribution in [0.1, 0.15) is 39.5 Å². The minimum absolute atomic E-state index is 0.310. The van der Waals surface area contributed by atoms with E-state index in [1.807, 2.05) is 6.92 Å². The molecule has 3 heteroatoms. The number of thioether (sulfide) groups is 1. The normalized spacial score (nSPS) is 12.8. The van der Waals surface area contributed by atoms with E-state index in [1.165, 1.54) is 12.8 Å². The van der Waals surface area contributed by atoms with E-state index in [1.54, 1.807) is 11.8 Å². The zero-order chi connectivity index (χ0) is 9.40. The molecule has 72 valence electrons. The van der Waals surface area contributed by atoms with Crippen molar-refractivity contribution < 1.29 is 9.90 Å². The Kier molecular flexibility index (Phi) is 7.36. The van der Waals surface area contributed by atoms with Crippen LogP contribution in [0.3, 0.4) is 0 Å². The van der Waals surface area contributed by atoms with Crippen molar-refractivity contribution in [2.24, 2.45) is 0 Å². The summed E-state index contributed by atoms with van der Waals surface area (Å²) in [6.07, 6.45) is 3.66. The molecule has 0 aliphatic rings. The number of aliphatic carboxylic acids is 1. The number of carboxylic acid groups (broad SMARTS) is 1. The van der Waals surface area contributed by atoms with E-state index >= 15 is 0 Å². The SMILES string of the molecule is CCCCSC(CC)CC(=O)O. The van der Waals surface area contributed by atoms with Crippen molar-refractivity contribution in [2.75, 3.05) is 5.75 Å². The highest BCUT2D eigenvalue weighted by molar-refractivity contribution is 7.99. The van der Waals surface area contributed by atoms with Gasteiger partial charge in [-0.05, 0) is 18.6 Å². The van der Waals surface area contributed by atoms with Crippen LogP contribution in [0, 0.1) is 0 Å². The predicted molar refractivity (Wildman–Crippen MR) is 53.7 cm³/mol. The van der Waals surface area contributed by atoms with E-state index in [4.69, 9.17) is 5.11 Å². The summed E-state index contributed by atoms with van der Waals surface area (Å²) in [5.74, 6) is 0.424. The molecule has 0 radical (unpaired) electrons. The summed E-state index contributed by atoms with van der Waals surface area (Å²) < 4.78 is 0. The highest BCUT2D eigenvalue weighted by Crippen LogP contribution is 2.19. The second-order valence-corrected chi connectivity index (χ2v) is 4.26. The van der Waals surface area contributed by atoms with Crippen molar-refractivity contribution in [1.82, 2.24) is 0 Å². The van der Waals surface area contributed by atoms with Crippen LogP contribution >= 0.6 is 11.8 Å². The van der Waals surface area contributed by atoms with Crippen LogP contribution in [0.25, 0.3) is 0 Å². The lowest BCUT2D eigenvalue weighted by Crippen LogP contribution is -2.09. The maximum Gasteiger partial charge on any atom is 0.304 e. The highest BCUT2D eigenvalue weighted by Gasteiger charge is 2.10. The van der Waals surface area contributed by atoms with Gasteiger partial charge in [0.05, 0.1) is 6.42 Å². The first-order valence-electron chi connectivity index (χ1n) is 4.54. The minimum Gasteiger partial charge on any atom is -0.481 e. The van der Waals surface area contributed by atoms with E-state index in [0.717, 1.165) is 12.2 Å². The molecule has 0 amide bonds. The van der Waals surface area contributed by atoms with Crippen LogP contribution in [-0.4, -0.2) is 22.1 Å². The fourth-order valence-corrected chi connectivity index (χ4v) is 2.20. The third kappa shape index (κ3) is 6.53. The first-order chi connectivity index (χ1) is 5.70. The molecule has 0 saturated carbocycles. The molecule has 1 unspecified atom stereocenters. The van der Waals surface area contributed by atoms with Crippen molar-refractivity contribution in [3.05, 3.63) is 0 Å². The number of unbranched alkanes of at least 4 members (excludes halogenated alkanes) is 1. The Balaban J connectivity index is 3.46. The van der Waals surface area contributed by atoms with E-state index in [2.05, 4.69) is 6.92 Å². The highest BCUT2D eigenvalue weighted by atomic mass is 32.2. The first-order valence-corrected chi connectivity index (χ1v) is 5.59. The summed E-state index contributed by atoms with van der Waals surface area (Å²) in [5, 5.41) is 8.87. The number of rotatable bonds is 7. The minimum atomic E-state index is -0.675. The Labute approximate surface area is 78.7 Å². The van der Waals surface area contributed by atoms with Crippen molar-refractivity contribution >= 4 is 17.7 Å². The molecule has 0 bridgehead atoms. The van der Waals surface area contributed by atoms with Crippen molar-refractivity contribution in [3.63, 3.8) is 0 Å². The average molecular weight is 190 g/mol. The van der Waals surface area contributed by atoms with Crippen LogP contribution in [0.15, 0.2) is 0 Å². The molecule has 0 saturated heterocycles. The van der Waals surface area contributed by atoms with Gasteiger partial charge >= 0.3 is 5.97 Å². The molecule has 0 fully saturated rings. The Morgan fingerprint density at radius 3 is 2.58 bits per heavy atom. The summed E-state index contributed by atoms with van der Waals surface area (Å²) in [6.45, 7) is 4.20.